The third-order valence-electron chi connectivity index (χ3n) is 3.17. The molecule has 5 heteroatoms. The second kappa shape index (κ2) is 7.63. The van der Waals surface area contributed by atoms with Crippen molar-refractivity contribution in [2.45, 2.75) is 38.3 Å². The van der Waals surface area contributed by atoms with Gasteiger partial charge in [0.15, 0.2) is 0 Å². The van der Waals surface area contributed by atoms with Gasteiger partial charge in [-0.3, -0.25) is 4.79 Å². The third-order valence-corrected chi connectivity index (χ3v) is 3.17. The summed E-state index contributed by atoms with van der Waals surface area (Å²) in [5.74, 6) is 0.161. The van der Waals surface area contributed by atoms with E-state index in [1.54, 1.807) is 4.90 Å². The predicted octanol–water partition coefficient (Wildman–Crippen LogP) is -0.443. The van der Waals surface area contributed by atoms with E-state index in [0.29, 0.717) is 12.6 Å². The molecule has 2 unspecified atom stereocenters. The number of aliphatic hydroxyl groups excluding tert-OH is 1. The quantitative estimate of drug-likeness (QED) is 0.553. The molecule has 1 fully saturated rings. The number of unbranched alkanes of at least 4 members (excludes halogenated alkanes) is 2. The van der Waals surface area contributed by atoms with Gasteiger partial charge in [0.2, 0.25) is 5.91 Å². The Morgan fingerprint density at radius 2 is 2.06 bits per heavy atom. The second-order valence-corrected chi connectivity index (χ2v) is 4.81. The van der Waals surface area contributed by atoms with Crippen LogP contribution in [0, 0.1) is 0 Å². The van der Waals surface area contributed by atoms with Gasteiger partial charge in [0.1, 0.15) is 0 Å². The van der Waals surface area contributed by atoms with Crippen LogP contribution in [0.4, 0.5) is 0 Å². The van der Waals surface area contributed by atoms with Crippen LogP contribution in [0.25, 0.3) is 0 Å². The highest BCUT2D eigenvalue weighted by Gasteiger charge is 2.25. The molecule has 0 radical (unpaired) electrons. The largest absolute Gasteiger partial charge is 0.396 e. The van der Waals surface area contributed by atoms with Gasteiger partial charge < -0.3 is 20.6 Å². The molecule has 0 aliphatic carbocycles. The summed E-state index contributed by atoms with van der Waals surface area (Å²) >= 11 is 0. The summed E-state index contributed by atoms with van der Waals surface area (Å²) in [7, 11) is 1.85. The van der Waals surface area contributed by atoms with Crippen molar-refractivity contribution in [2.24, 2.45) is 0 Å². The SMILES string of the molecule is CC1CNC(C(=O)N(C)CCCCCO)CN1. The first-order chi connectivity index (χ1) is 8.15. The van der Waals surface area contributed by atoms with Crippen molar-refractivity contribution in [2.75, 3.05) is 33.3 Å². The van der Waals surface area contributed by atoms with Crippen LogP contribution in [0.1, 0.15) is 26.2 Å². The lowest BCUT2D eigenvalue weighted by atomic mass is 10.1. The average molecular weight is 243 g/mol. The molecule has 100 valence electrons. The van der Waals surface area contributed by atoms with Crippen molar-refractivity contribution < 1.29 is 9.90 Å². The number of aliphatic hydroxyl groups is 1. The first-order valence-corrected chi connectivity index (χ1v) is 6.47. The minimum atomic E-state index is -0.0889. The molecule has 0 spiro atoms. The van der Waals surface area contributed by atoms with Gasteiger partial charge in [-0.2, -0.15) is 0 Å². The van der Waals surface area contributed by atoms with E-state index in [0.717, 1.165) is 32.4 Å². The molecule has 0 aromatic rings. The normalized spacial score (nSPS) is 24.6. The van der Waals surface area contributed by atoms with Crippen molar-refractivity contribution in [1.29, 1.82) is 0 Å². The van der Waals surface area contributed by atoms with Gasteiger partial charge >= 0.3 is 0 Å². The molecule has 1 aliphatic heterocycles. The van der Waals surface area contributed by atoms with Crippen LogP contribution in [0.15, 0.2) is 0 Å². The van der Waals surface area contributed by atoms with Gasteiger partial charge in [-0.15, -0.1) is 0 Å². The molecule has 2 atom stereocenters. The first kappa shape index (κ1) is 14.4. The van der Waals surface area contributed by atoms with E-state index in [-0.39, 0.29) is 18.6 Å². The highest BCUT2D eigenvalue weighted by molar-refractivity contribution is 5.82. The monoisotopic (exact) mass is 243 g/mol. The van der Waals surface area contributed by atoms with Crippen molar-refractivity contribution in [3.63, 3.8) is 0 Å². The molecule has 0 aromatic carbocycles. The van der Waals surface area contributed by atoms with E-state index in [2.05, 4.69) is 17.6 Å². The lowest BCUT2D eigenvalue weighted by molar-refractivity contribution is -0.132. The fourth-order valence-corrected chi connectivity index (χ4v) is 1.97. The maximum absolute atomic E-state index is 12.0. The summed E-state index contributed by atoms with van der Waals surface area (Å²) in [5.41, 5.74) is 0. The number of amides is 1. The van der Waals surface area contributed by atoms with E-state index in [4.69, 9.17) is 5.11 Å². The van der Waals surface area contributed by atoms with Crippen molar-refractivity contribution in [3.8, 4) is 0 Å². The van der Waals surface area contributed by atoms with E-state index in [9.17, 15) is 4.79 Å². The minimum Gasteiger partial charge on any atom is -0.396 e. The van der Waals surface area contributed by atoms with Crippen LogP contribution >= 0.6 is 0 Å². The van der Waals surface area contributed by atoms with Crippen molar-refractivity contribution in [1.82, 2.24) is 15.5 Å². The topological polar surface area (TPSA) is 64.6 Å². The molecule has 1 heterocycles. The molecule has 0 saturated carbocycles. The highest BCUT2D eigenvalue weighted by Crippen LogP contribution is 2.01. The molecule has 3 N–H and O–H groups in total. The number of rotatable bonds is 6. The smallest absolute Gasteiger partial charge is 0.240 e. The van der Waals surface area contributed by atoms with Crippen molar-refractivity contribution >= 4 is 5.91 Å². The number of hydrogen-bond acceptors (Lipinski definition) is 4. The number of carbonyl (C=O) groups is 1. The molecule has 5 nitrogen and oxygen atoms in total. The predicted molar refractivity (Wildman–Crippen MR) is 67.8 cm³/mol. The van der Waals surface area contributed by atoms with Gasteiger partial charge in [-0.05, 0) is 26.2 Å². The number of nitrogens with zero attached hydrogens (tertiary/aromatic N) is 1. The lowest BCUT2D eigenvalue weighted by Gasteiger charge is -2.31. The Kier molecular flexibility index (Phi) is 6.47. The molecule has 0 bridgehead atoms. The standard InChI is InChI=1S/C12H25N3O2/c1-10-8-14-11(9-13-10)12(17)15(2)6-4-3-5-7-16/h10-11,13-14,16H,3-9H2,1-2H3. The summed E-state index contributed by atoms with van der Waals surface area (Å²) in [6.45, 7) is 4.66. The number of piperazine rings is 1. The average Bonchev–Trinajstić information content (AvgIpc) is 2.34. The molecule has 17 heavy (non-hydrogen) atoms. The Hall–Kier alpha value is -0.650. The van der Waals surface area contributed by atoms with Crippen LogP contribution < -0.4 is 10.6 Å². The second-order valence-electron chi connectivity index (χ2n) is 4.81. The molecule has 1 aliphatic rings. The summed E-state index contributed by atoms with van der Waals surface area (Å²) in [5, 5.41) is 15.2. The van der Waals surface area contributed by atoms with Gasteiger partial charge in [-0.1, -0.05) is 0 Å². The van der Waals surface area contributed by atoms with Gasteiger partial charge in [-0.25, -0.2) is 0 Å². The van der Waals surface area contributed by atoms with Crippen molar-refractivity contribution in [3.05, 3.63) is 0 Å². The van der Waals surface area contributed by atoms with Crippen LogP contribution in [0.2, 0.25) is 0 Å². The van der Waals surface area contributed by atoms with Crippen LogP contribution in [0.3, 0.4) is 0 Å². The Morgan fingerprint density at radius 1 is 1.29 bits per heavy atom. The summed E-state index contributed by atoms with van der Waals surface area (Å²) in [4.78, 5) is 13.8. The third kappa shape index (κ3) is 5.02. The van der Waals surface area contributed by atoms with Gasteiger partial charge in [0, 0.05) is 39.3 Å². The first-order valence-electron chi connectivity index (χ1n) is 6.47. The molecular formula is C12H25N3O2. The number of nitrogens with one attached hydrogen (secondary N) is 2. The zero-order valence-electron chi connectivity index (χ0n) is 10.9. The molecule has 1 rings (SSSR count). The van der Waals surface area contributed by atoms with Crippen LogP contribution in [0.5, 0.6) is 0 Å². The minimum absolute atomic E-state index is 0.0889. The van der Waals surface area contributed by atoms with E-state index < -0.39 is 0 Å². The number of carbonyl (C=O) groups excluding carboxylic acids is 1. The molecule has 1 amide bonds. The van der Waals surface area contributed by atoms with E-state index in [1.807, 2.05) is 7.05 Å². The summed E-state index contributed by atoms with van der Waals surface area (Å²) in [6, 6.07) is 0.350. The fourth-order valence-electron chi connectivity index (χ4n) is 1.97. The van der Waals surface area contributed by atoms with E-state index >= 15 is 0 Å². The highest BCUT2D eigenvalue weighted by atomic mass is 16.2. The summed E-state index contributed by atoms with van der Waals surface area (Å²) in [6.07, 6.45) is 2.75. The fraction of sp³-hybridized carbons (Fsp3) is 0.917. The van der Waals surface area contributed by atoms with Crippen LogP contribution in [-0.4, -0.2) is 61.3 Å². The van der Waals surface area contributed by atoms with Crippen LogP contribution in [-0.2, 0) is 4.79 Å². The van der Waals surface area contributed by atoms with Gasteiger partial charge in [0.25, 0.3) is 0 Å². The zero-order valence-corrected chi connectivity index (χ0v) is 10.9. The van der Waals surface area contributed by atoms with E-state index in [1.165, 1.54) is 0 Å². The Bertz CT molecular complexity index is 228. The summed E-state index contributed by atoms with van der Waals surface area (Å²) < 4.78 is 0. The Labute approximate surface area is 104 Å². The molecular weight excluding hydrogens is 218 g/mol. The number of hydrogen-bond donors (Lipinski definition) is 3. The molecule has 0 aromatic heterocycles. The zero-order chi connectivity index (χ0) is 12.7. The molecule has 1 saturated heterocycles. The maximum Gasteiger partial charge on any atom is 0.240 e. The maximum atomic E-state index is 12.0. The Balaban J connectivity index is 2.21. The lowest BCUT2D eigenvalue weighted by Crippen LogP contribution is -2.59. The Morgan fingerprint density at radius 3 is 2.65 bits per heavy atom. The number of likely N-dealkylation sites (N-methyl/N-ethyl adjacent to an activating group) is 1. The van der Waals surface area contributed by atoms with Gasteiger partial charge in [0.05, 0.1) is 6.04 Å².